The first-order chi connectivity index (χ1) is 14.1. The zero-order valence-electron chi connectivity index (χ0n) is 15.4. The zero-order valence-corrected chi connectivity index (χ0v) is 15.4. The van der Waals surface area contributed by atoms with Gasteiger partial charge in [-0.2, -0.15) is 0 Å². The highest BCUT2D eigenvalue weighted by atomic mass is 19.1. The van der Waals surface area contributed by atoms with Gasteiger partial charge in [0, 0.05) is 17.3 Å². The van der Waals surface area contributed by atoms with Gasteiger partial charge in [0.05, 0.1) is 31.9 Å². The number of pyridine rings is 1. The second-order valence-electron chi connectivity index (χ2n) is 6.47. The van der Waals surface area contributed by atoms with E-state index >= 15 is 0 Å². The number of halogens is 1. The molecule has 29 heavy (non-hydrogen) atoms. The number of carbonyl (C=O) groups excluding carboxylic acids is 1. The van der Waals surface area contributed by atoms with Crippen molar-refractivity contribution >= 4 is 11.8 Å². The molecule has 1 aromatic carbocycles. The fourth-order valence-electron chi connectivity index (χ4n) is 3.11. The number of benzene rings is 1. The maximum atomic E-state index is 14.7. The first kappa shape index (κ1) is 18.9. The number of nitrogens with zero attached hydrogens (tertiary/aromatic N) is 6. The van der Waals surface area contributed by atoms with E-state index in [0.717, 1.165) is 0 Å². The summed E-state index contributed by atoms with van der Waals surface area (Å²) in [5.74, 6) is 0.0150. The van der Waals surface area contributed by atoms with Crippen LogP contribution in [0.5, 0.6) is 0 Å². The minimum absolute atomic E-state index is 0.173. The SMILES string of the molecule is [NH3+]CCn1nnnc1-c1ccc(-c2ccc(N3C[C@H](CO)OC3=O)cc2F)cn1. The molecular formula is C18H19FN7O3+. The molecule has 1 fully saturated rings. The number of ether oxygens (including phenoxy) is 1. The van der Waals surface area contributed by atoms with Crippen molar-refractivity contribution < 1.29 is 24.8 Å². The van der Waals surface area contributed by atoms with Crippen LogP contribution in [0.3, 0.4) is 0 Å². The lowest BCUT2D eigenvalue weighted by Crippen LogP contribution is -2.52. The summed E-state index contributed by atoms with van der Waals surface area (Å²) in [6.07, 6.45) is 0.326. The molecule has 0 aliphatic carbocycles. The van der Waals surface area contributed by atoms with Crippen LogP contribution in [0.25, 0.3) is 22.6 Å². The summed E-state index contributed by atoms with van der Waals surface area (Å²) in [5, 5.41) is 20.7. The molecule has 10 nitrogen and oxygen atoms in total. The Morgan fingerprint density at radius 3 is 2.83 bits per heavy atom. The van der Waals surface area contributed by atoms with Crippen LogP contribution in [0.1, 0.15) is 0 Å². The van der Waals surface area contributed by atoms with E-state index in [0.29, 0.717) is 41.4 Å². The van der Waals surface area contributed by atoms with Gasteiger partial charge in [0.1, 0.15) is 17.6 Å². The van der Waals surface area contributed by atoms with Gasteiger partial charge < -0.3 is 15.6 Å². The largest absolute Gasteiger partial charge is 0.441 e. The van der Waals surface area contributed by atoms with Crippen molar-refractivity contribution in [3.8, 4) is 22.6 Å². The van der Waals surface area contributed by atoms with E-state index in [9.17, 15) is 9.18 Å². The maximum absolute atomic E-state index is 14.7. The number of aliphatic hydroxyl groups is 1. The molecule has 1 saturated heterocycles. The van der Waals surface area contributed by atoms with E-state index in [4.69, 9.17) is 9.84 Å². The molecular weight excluding hydrogens is 381 g/mol. The number of aliphatic hydroxyl groups excluding tert-OH is 1. The van der Waals surface area contributed by atoms with E-state index in [1.165, 1.54) is 11.0 Å². The van der Waals surface area contributed by atoms with E-state index in [1.54, 1.807) is 35.1 Å². The number of rotatable bonds is 6. The molecule has 1 aliphatic heterocycles. The molecule has 2 aromatic heterocycles. The Kier molecular flexibility index (Phi) is 5.14. The molecule has 150 valence electrons. The fourth-order valence-corrected chi connectivity index (χ4v) is 3.11. The van der Waals surface area contributed by atoms with E-state index in [2.05, 4.69) is 26.2 Å². The summed E-state index contributed by atoms with van der Waals surface area (Å²) in [4.78, 5) is 17.5. The molecule has 0 radical (unpaired) electrons. The van der Waals surface area contributed by atoms with Gasteiger partial charge in [-0.25, -0.2) is 13.9 Å². The third-order valence-electron chi connectivity index (χ3n) is 4.55. The number of amides is 1. The van der Waals surface area contributed by atoms with Crippen LogP contribution < -0.4 is 10.6 Å². The van der Waals surface area contributed by atoms with Gasteiger partial charge in [-0.1, -0.05) is 6.07 Å². The highest BCUT2D eigenvalue weighted by Gasteiger charge is 2.32. The zero-order chi connectivity index (χ0) is 20.4. The maximum Gasteiger partial charge on any atom is 0.414 e. The van der Waals surface area contributed by atoms with Crippen molar-refractivity contribution in [2.24, 2.45) is 0 Å². The molecule has 1 amide bonds. The van der Waals surface area contributed by atoms with E-state index < -0.39 is 18.0 Å². The normalized spacial score (nSPS) is 16.3. The summed E-state index contributed by atoms with van der Waals surface area (Å²) in [6.45, 7) is 1.10. The number of cyclic esters (lactones) is 1. The quantitative estimate of drug-likeness (QED) is 0.599. The van der Waals surface area contributed by atoms with Crippen LogP contribution in [-0.2, 0) is 11.3 Å². The molecule has 0 bridgehead atoms. The van der Waals surface area contributed by atoms with Crippen molar-refractivity contribution in [2.75, 3.05) is 24.6 Å². The van der Waals surface area contributed by atoms with Gasteiger partial charge >= 0.3 is 6.09 Å². The third kappa shape index (κ3) is 3.65. The Balaban J connectivity index is 1.57. The molecule has 1 aliphatic rings. The van der Waals surface area contributed by atoms with Crippen molar-refractivity contribution in [1.82, 2.24) is 25.2 Å². The van der Waals surface area contributed by atoms with Crippen molar-refractivity contribution in [1.29, 1.82) is 0 Å². The molecule has 4 N–H and O–H groups in total. The molecule has 1 atom stereocenters. The van der Waals surface area contributed by atoms with Gasteiger partial charge in [0.2, 0.25) is 5.82 Å². The Morgan fingerprint density at radius 1 is 1.31 bits per heavy atom. The fraction of sp³-hybridized carbons (Fsp3) is 0.278. The number of hydrogen-bond acceptors (Lipinski definition) is 7. The predicted molar refractivity (Wildman–Crippen MR) is 98.9 cm³/mol. The lowest BCUT2D eigenvalue weighted by Gasteiger charge is -2.14. The molecule has 3 aromatic rings. The van der Waals surface area contributed by atoms with Gasteiger partial charge in [0.15, 0.2) is 0 Å². The van der Waals surface area contributed by atoms with Crippen LogP contribution in [-0.4, -0.2) is 62.2 Å². The smallest absolute Gasteiger partial charge is 0.414 e. The van der Waals surface area contributed by atoms with Crippen molar-refractivity contribution in [3.05, 3.63) is 42.3 Å². The minimum atomic E-state index is -0.609. The number of quaternary nitrogens is 1. The monoisotopic (exact) mass is 400 g/mol. The topological polar surface area (TPSA) is 134 Å². The van der Waals surface area contributed by atoms with Crippen LogP contribution in [0.2, 0.25) is 0 Å². The second-order valence-corrected chi connectivity index (χ2v) is 6.47. The number of aromatic nitrogens is 5. The Morgan fingerprint density at radius 2 is 2.17 bits per heavy atom. The highest BCUT2D eigenvalue weighted by Crippen LogP contribution is 2.29. The van der Waals surface area contributed by atoms with Crippen molar-refractivity contribution in [2.45, 2.75) is 12.6 Å². The summed E-state index contributed by atoms with van der Waals surface area (Å²) in [5.41, 5.74) is 5.64. The molecule has 3 heterocycles. The van der Waals surface area contributed by atoms with Crippen molar-refractivity contribution in [3.63, 3.8) is 0 Å². The molecule has 0 unspecified atom stereocenters. The van der Waals surface area contributed by atoms with Crippen LogP contribution >= 0.6 is 0 Å². The third-order valence-corrected chi connectivity index (χ3v) is 4.55. The highest BCUT2D eigenvalue weighted by molar-refractivity contribution is 5.90. The first-order valence-corrected chi connectivity index (χ1v) is 9.01. The van der Waals surface area contributed by atoms with Gasteiger partial charge in [-0.05, 0) is 34.7 Å². The van der Waals surface area contributed by atoms with Gasteiger partial charge in [-0.3, -0.25) is 9.88 Å². The first-order valence-electron chi connectivity index (χ1n) is 9.01. The average molecular weight is 400 g/mol. The van der Waals surface area contributed by atoms with Gasteiger partial charge in [-0.15, -0.1) is 5.10 Å². The molecule has 0 saturated carbocycles. The Bertz CT molecular complexity index is 1020. The standard InChI is InChI=1S/C18H18FN7O3/c19-15-7-12(25-9-13(10-27)29-18(25)28)2-3-14(15)11-1-4-16(21-8-11)17-22-23-24-26(17)6-5-20/h1-4,7-8,13,27H,5-6,9-10,20H2/p+1/t13-/m1/s1. The minimum Gasteiger partial charge on any atom is -0.441 e. The average Bonchev–Trinajstić information content (AvgIpc) is 3.35. The Hall–Kier alpha value is -3.44. The Labute approximate surface area is 164 Å². The van der Waals surface area contributed by atoms with Crippen LogP contribution in [0.4, 0.5) is 14.9 Å². The molecule has 4 rings (SSSR count). The summed E-state index contributed by atoms with van der Waals surface area (Å²) in [6, 6.07) is 7.92. The number of hydrogen-bond donors (Lipinski definition) is 2. The molecule has 0 spiro atoms. The summed E-state index contributed by atoms with van der Waals surface area (Å²) in [7, 11) is 0. The lowest BCUT2D eigenvalue weighted by atomic mass is 10.1. The lowest BCUT2D eigenvalue weighted by molar-refractivity contribution is -0.370. The predicted octanol–water partition coefficient (Wildman–Crippen LogP) is 0.101. The second kappa shape index (κ2) is 7.89. The van der Waals surface area contributed by atoms with Crippen LogP contribution in [0.15, 0.2) is 36.5 Å². The van der Waals surface area contributed by atoms with Gasteiger partial charge in [0.25, 0.3) is 0 Å². The molecule has 11 heteroatoms. The van der Waals surface area contributed by atoms with E-state index in [1.807, 2.05) is 0 Å². The number of anilines is 1. The van der Waals surface area contributed by atoms with Crippen LogP contribution in [0, 0.1) is 5.82 Å². The summed E-state index contributed by atoms with van der Waals surface area (Å²) < 4.78 is 21.3. The van der Waals surface area contributed by atoms with E-state index in [-0.39, 0.29) is 13.2 Å². The number of carbonyl (C=O) groups is 1. The number of tetrazole rings is 1. The summed E-state index contributed by atoms with van der Waals surface area (Å²) >= 11 is 0.